The largest absolute Gasteiger partial charge is 0.356 e. The van der Waals surface area contributed by atoms with E-state index in [1.165, 1.54) is 13.1 Å². The fraction of sp³-hybridized carbons (Fsp3) is 0.308. The minimum absolute atomic E-state index is 0.0588. The zero-order valence-corrected chi connectivity index (χ0v) is 10.9. The van der Waals surface area contributed by atoms with Gasteiger partial charge in [0.15, 0.2) is 5.78 Å². The van der Waals surface area contributed by atoms with Crippen molar-refractivity contribution in [2.24, 2.45) is 0 Å². The summed E-state index contributed by atoms with van der Waals surface area (Å²) in [5.41, 5.74) is 0.891. The average molecular weight is 260 g/mol. The molecular weight excluding hydrogens is 244 g/mol. The maximum absolute atomic E-state index is 11.9. The van der Waals surface area contributed by atoms with E-state index in [0.29, 0.717) is 17.8 Å². The molecule has 6 heteroatoms. The van der Waals surface area contributed by atoms with Crippen LogP contribution in [0.3, 0.4) is 0 Å². The minimum Gasteiger partial charge on any atom is -0.356 e. The number of ketones is 1. The fourth-order valence-electron chi connectivity index (χ4n) is 1.76. The lowest BCUT2D eigenvalue weighted by Gasteiger charge is -2.13. The smallest absolute Gasteiger partial charge is 0.267 e. The van der Waals surface area contributed by atoms with Crippen LogP contribution in [0, 0.1) is 0 Å². The first-order chi connectivity index (χ1) is 9.06. The molecule has 2 rings (SSSR count). The lowest BCUT2D eigenvalue weighted by Crippen LogP contribution is -2.35. The molecule has 0 radical (unpaired) electrons. The molecule has 2 aromatic heterocycles. The molecule has 0 bridgehead atoms. The lowest BCUT2D eigenvalue weighted by molar-refractivity contribution is 0.0931. The van der Waals surface area contributed by atoms with Gasteiger partial charge in [-0.3, -0.25) is 14.3 Å². The van der Waals surface area contributed by atoms with Gasteiger partial charge in [-0.25, -0.2) is 0 Å². The summed E-state index contributed by atoms with van der Waals surface area (Å²) in [7, 11) is 0. The maximum Gasteiger partial charge on any atom is 0.267 e. The number of nitrogens with one attached hydrogen (secondary N) is 2. The lowest BCUT2D eigenvalue weighted by atomic mass is 10.2. The van der Waals surface area contributed by atoms with Gasteiger partial charge in [0.25, 0.3) is 5.91 Å². The van der Waals surface area contributed by atoms with Crippen LogP contribution in [-0.4, -0.2) is 32.5 Å². The van der Waals surface area contributed by atoms with Gasteiger partial charge < -0.3 is 10.3 Å². The first-order valence-corrected chi connectivity index (χ1v) is 6.04. The number of amides is 1. The summed E-state index contributed by atoms with van der Waals surface area (Å²) in [6, 6.07) is 3.33. The third-order valence-corrected chi connectivity index (χ3v) is 2.73. The summed E-state index contributed by atoms with van der Waals surface area (Å²) < 4.78 is 1.75. The van der Waals surface area contributed by atoms with Gasteiger partial charge >= 0.3 is 0 Å². The summed E-state index contributed by atoms with van der Waals surface area (Å²) >= 11 is 0. The average Bonchev–Trinajstić information content (AvgIpc) is 2.98. The normalized spacial score (nSPS) is 12.1. The van der Waals surface area contributed by atoms with E-state index in [1.54, 1.807) is 16.9 Å². The van der Waals surface area contributed by atoms with Gasteiger partial charge in [0, 0.05) is 30.2 Å². The number of aromatic amines is 1. The van der Waals surface area contributed by atoms with Crippen LogP contribution in [0.4, 0.5) is 0 Å². The van der Waals surface area contributed by atoms with Crippen LogP contribution in [0.2, 0.25) is 0 Å². The van der Waals surface area contributed by atoms with E-state index in [1.807, 2.05) is 19.2 Å². The Balaban J connectivity index is 1.94. The maximum atomic E-state index is 11.9. The van der Waals surface area contributed by atoms with Crippen molar-refractivity contribution in [3.05, 3.63) is 42.0 Å². The highest BCUT2D eigenvalue weighted by Crippen LogP contribution is 2.04. The van der Waals surface area contributed by atoms with Crippen molar-refractivity contribution < 1.29 is 9.59 Å². The Hall–Kier alpha value is -2.37. The number of carbonyl (C=O) groups is 2. The summed E-state index contributed by atoms with van der Waals surface area (Å²) in [4.78, 5) is 25.9. The van der Waals surface area contributed by atoms with E-state index in [9.17, 15) is 9.59 Å². The van der Waals surface area contributed by atoms with Crippen LogP contribution in [0.1, 0.15) is 34.7 Å². The Morgan fingerprint density at radius 1 is 1.53 bits per heavy atom. The molecule has 0 fully saturated rings. The Morgan fingerprint density at radius 2 is 2.32 bits per heavy atom. The molecule has 1 atom stereocenters. The molecule has 6 nitrogen and oxygen atoms in total. The van der Waals surface area contributed by atoms with Crippen molar-refractivity contribution in [1.29, 1.82) is 0 Å². The minimum atomic E-state index is -0.229. The predicted molar refractivity (Wildman–Crippen MR) is 70.0 cm³/mol. The molecule has 19 heavy (non-hydrogen) atoms. The van der Waals surface area contributed by atoms with E-state index in [4.69, 9.17) is 0 Å². The van der Waals surface area contributed by atoms with Gasteiger partial charge in [-0.2, -0.15) is 5.10 Å². The number of nitrogens with zero attached hydrogens (tertiary/aromatic N) is 2. The molecule has 0 aromatic carbocycles. The van der Waals surface area contributed by atoms with Crippen molar-refractivity contribution in [3.8, 4) is 0 Å². The number of hydrogen-bond acceptors (Lipinski definition) is 3. The summed E-state index contributed by atoms with van der Waals surface area (Å²) in [5, 5.41) is 6.92. The SMILES string of the molecule is CC(=O)c1c[nH]c(C(=O)N[C@H](C)Cn2cccn2)c1. The van der Waals surface area contributed by atoms with Crippen molar-refractivity contribution in [2.45, 2.75) is 26.4 Å². The molecule has 2 heterocycles. The fourth-order valence-corrected chi connectivity index (χ4v) is 1.76. The van der Waals surface area contributed by atoms with E-state index in [2.05, 4.69) is 15.4 Å². The predicted octanol–water partition coefficient (Wildman–Crippen LogP) is 1.23. The molecule has 100 valence electrons. The van der Waals surface area contributed by atoms with Crippen molar-refractivity contribution in [3.63, 3.8) is 0 Å². The molecular formula is C13H16N4O2. The number of H-pyrrole nitrogens is 1. The van der Waals surface area contributed by atoms with Gasteiger partial charge in [-0.05, 0) is 26.0 Å². The Kier molecular flexibility index (Phi) is 3.79. The molecule has 0 aliphatic heterocycles. The summed E-state index contributed by atoms with van der Waals surface area (Å²) in [6.07, 6.45) is 5.07. The van der Waals surface area contributed by atoms with Crippen molar-refractivity contribution >= 4 is 11.7 Å². The summed E-state index contributed by atoms with van der Waals surface area (Å²) in [5.74, 6) is -0.299. The number of carbonyl (C=O) groups excluding carboxylic acids is 2. The van der Waals surface area contributed by atoms with Crippen molar-refractivity contribution in [1.82, 2.24) is 20.1 Å². The Labute approximate surface area is 110 Å². The standard InChI is InChI=1S/C13H16N4O2/c1-9(8-17-5-3-4-15-17)16-13(19)12-6-11(7-14-12)10(2)18/h3-7,9,14H,8H2,1-2H3,(H,16,19)/t9-/m1/s1. The van der Waals surface area contributed by atoms with Crippen LogP contribution in [0.15, 0.2) is 30.7 Å². The van der Waals surface area contributed by atoms with E-state index < -0.39 is 0 Å². The van der Waals surface area contributed by atoms with Crippen molar-refractivity contribution in [2.75, 3.05) is 0 Å². The molecule has 2 N–H and O–H groups in total. The zero-order chi connectivity index (χ0) is 13.8. The molecule has 0 saturated heterocycles. The third kappa shape index (κ3) is 3.31. The van der Waals surface area contributed by atoms with E-state index in [-0.39, 0.29) is 17.7 Å². The first kappa shape index (κ1) is 13.1. The second-order valence-corrected chi connectivity index (χ2v) is 4.46. The number of aromatic nitrogens is 3. The summed E-state index contributed by atoms with van der Waals surface area (Å²) in [6.45, 7) is 3.96. The monoisotopic (exact) mass is 260 g/mol. The highest BCUT2D eigenvalue weighted by atomic mass is 16.2. The second-order valence-electron chi connectivity index (χ2n) is 4.46. The topological polar surface area (TPSA) is 79.8 Å². The van der Waals surface area contributed by atoms with Crippen LogP contribution in [-0.2, 0) is 6.54 Å². The molecule has 1 amide bonds. The van der Waals surface area contributed by atoms with Gasteiger partial charge in [0.05, 0.1) is 6.54 Å². The highest BCUT2D eigenvalue weighted by molar-refractivity contribution is 5.99. The number of Topliss-reactive ketones (excluding diaryl/α,β-unsaturated/α-hetero) is 1. The van der Waals surface area contributed by atoms with Gasteiger partial charge in [0.1, 0.15) is 5.69 Å². The Bertz CT molecular complexity index is 571. The van der Waals surface area contributed by atoms with Crippen LogP contribution < -0.4 is 5.32 Å². The van der Waals surface area contributed by atoms with Gasteiger partial charge in [-0.1, -0.05) is 0 Å². The molecule has 0 aliphatic rings. The van der Waals surface area contributed by atoms with Crippen LogP contribution >= 0.6 is 0 Å². The second kappa shape index (κ2) is 5.51. The molecule has 2 aromatic rings. The molecule has 0 aliphatic carbocycles. The highest BCUT2D eigenvalue weighted by Gasteiger charge is 2.13. The van der Waals surface area contributed by atoms with Gasteiger partial charge in [-0.15, -0.1) is 0 Å². The quantitative estimate of drug-likeness (QED) is 0.793. The van der Waals surface area contributed by atoms with Crippen LogP contribution in [0.5, 0.6) is 0 Å². The molecule has 0 saturated carbocycles. The third-order valence-electron chi connectivity index (χ3n) is 2.73. The van der Waals surface area contributed by atoms with Crippen LogP contribution in [0.25, 0.3) is 0 Å². The Morgan fingerprint density at radius 3 is 2.89 bits per heavy atom. The molecule has 0 unspecified atom stereocenters. The first-order valence-electron chi connectivity index (χ1n) is 6.04. The van der Waals surface area contributed by atoms with Gasteiger partial charge in [0.2, 0.25) is 0 Å². The van der Waals surface area contributed by atoms with E-state index in [0.717, 1.165) is 0 Å². The zero-order valence-electron chi connectivity index (χ0n) is 10.9. The number of hydrogen-bond donors (Lipinski definition) is 2. The molecule has 0 spiro atoms. The number of rotatable bonds is 5. The van der Waals surface area contributed by atoms with E-state index >= 15 is 0 Å².